The molecule has 1 heterocycles. The number of benzene rings is 11. The van der Waals surface area contributed by atoms with Crippen LogP contribution in [-0.2, 0) is 10.8 Å². The van der Waals surface area contributed by atoms with Crippen molar-refractivity contribution in [2.45, 2.75) is 24.7 Å². The molecular weight excluding hydrogens is 869 g/mol. The minimum Gasteiger partial charge on any atom is -0.310 e. The van der Waals surface area contributed by atoms with Gasteiger partial charge >= 0.3 is 0 Å². The van der Waals surface area contributed by atoms with Crippen LogP contribution in [0.2, 0.25) is 0 Å². The third-order valence-corrected chi connectivity index (χ3v) is 16.4. The van der Waals surface area contributed by atoms with Gasteiger partial charge in [-0.1, -0.05) is 214 Å². The Bertz CT molecular complexity index is 4070. The lowest BCUT2D eigenvalue weighted by molar-refractivity contribution is 0.660. The number of anilines is 3. The van der Waals surface area contributed by atoms with Gasteiger partial charge in [0.2, 0.25) is 0 Å². The van der Waals surface area contributed by atoms with Crippen molar-refractivity contribution < 1.29 is 0 Å². The summed E-state index contributed by atoms with van der Waals surface area (Å²) < 4.78 is 2.38. The van der Waals surface area contributed by atoms with Crippen LogP contribution in [0.4, 0.5) is 17.1 Å². The van der Waals surface area contributed by atoms with E-state index in [2.05, 4.69) is 278 Å². The molecule has 3 aliphatic rings. The molecule has 0 unspecified atom stereocenters. The quantitative estimate of drug-likeness (QED) is 0.161. The normalized spacial score (nSPS) is 13.9. The van der Waals surface area contributed by atoms with Crippen molar-refractivity contribution in [2.24, 2.45) is 0 Å². The van der Waals surface area contributed by atoms with E-state index in [-0.39, 0.29) is 5.41 Å². The number of para-hydroxylation sites is 2. The van der Waals surface area contributed by atoms with Crippen LogP contribution in [0.25, 0.3) is 83.1 Å². The number of aromatic nitrogens is 1. The predicted octanol–water partition coefficient (Wildman–Crippen LogP) is 18.2. The number of hydrogen-bond donors (Lipinski definition) is 0. The average molecular weight is 917 g/mol. The Hall–Kier alpha value is -8.98. The molecule has 3 aliphatic carbocycles. The lowest BCUT2D eigenvalue weighted by Crippen LogP contribution is -2.26. The first-order valence-electron chi connectivity index (χ1n) is 25.3. The lowest BCUT2D eigenvalue weighted by atomic mass is 9.70. The highest BCUT2D eigenvalue weighted by atomic mass is 15.1. The molecule has 2 heteroatoms. The lowest BCUT2D eigenvalue weighted by Gasteiger charge is -2.32. The van der Waals surface area contributed by atoms with Crippen molar-refractivity contribution >= 4 is 38.9 Å². The Morgan fingerprint density at radius 1 is 0.306 bits per heavy atom. The van der Waals surface area contributed by atoms with Crippen LogP contribution >= 0.6 is 0 Å². The molecule has 11 aromatic carbocycles. The van der Waals surface area contributed by atoms with E-state index in [9.17, 15) is 0 Å². The van der Waals surface area contributed by atoms with Crippen molar-refractivity contribution in [3.63, 3.8) is 0 Å². The number of hydrogen-bond acceptors (Lipinski definition) is 1. The largest absolute Gasteiger partial charge is 0.310 e. The van der Waals surface area contributed by atoms with E-state index in [4.69, 9.17) is 0 Å². The molecular formula is C70H48N2. The van der Waals surface area contributed by atoms with Crippen molar-refractivity contribution in [3.8, 4) is 61.3 Å². The molecule has 15 rings (SSSR count). The summed E-state index contributed by atoms with van der Waals surface area (Å²) in [7, 11) is 0. The molecule has 1 aromatic heterocycles. The van der Waals surface area contributed by atoms with Crippen molar-refractivity contribution in [2.75, 3.05) is 4.90 Å². The van der Waals surface area contributed by atoms with Gasteiger partial charge in [0.05, 0.1) is 22.1 Å². The van der Waals surface area contributed by atoms with E-state index in [0.29, 0.717) is 0 Å². The second-order valence-electron chi connectivity index (χ2n) is 20.3. The van der Waals surface area contributed by atoms with Gasteiger partial charge in [-0.2, -0.15) is 0 Å². The van der Waals surface area contributed by atoms with Gasteiger partial charge in [0.25, 0.3) is 0 Å². The van der Waals surface area contributed by atoms with Gasteiger partial charge in [-0.15, -0.1) is 0 Å². The fraction of sp³-hybridized carbons (Fsp3) is 0.0571. The molecule has 2 nitrogen and oxygen atoms in total. The predicted molar refractivity (Wildman–Crippen MR) is 300 cm³/mol. The van der Waals surface area contributed by atoms with E-state index >= 15 is 0 Å². The molecule has 1 spiro atoms. The maximum atomic E-state index is 2.49. The number of nitrogens with zero attached hydrogens (tertiary/aromatic N) is 2. The summed E-state index contributed by atoms with van der Waals surface area (Å²) in [5.74, 6) is 0. The third kappa shape index (κ3) is 5.55. The van der Waals surface area contributed by atoms with E-state index in [1.54, 1.807) is 0 Å². The zero-order chi connectivity index (χ0) is 47.7. The highest BCUT2D eigenvalue weighted by Gasteiger charge is 2.52. The van der Waals surface area contributed by atoms with Crippen molar-refractivity contribution in [3.05, 3.63) is 288 Å². The molecule has 0 amide bonds. The molecule has 72 heavy (non-hydrogen) atoms. The smallest absolute Gasteiger partial charge is 0.0726 e. The van der Waals surface area contributed by atoms with Gasteiger partial charge in [0, 0.05) is 38.8 Å². The molecule has 0 saturated carbocycles. The van der Waals surface area contributed by atoms with E-state index in [0.717, 1.165) is 22.7 Å². The Morgan fingerprint density at radius 3 is 1.32 bits per heavy atom. The Labute approximate surface area is 420 Å². The number of rotatable bonds is 6. The van der Waals surface area contributed by atoms with Gasteiger partial charge in [-0.05, 0) is 138 Å². The molecule has 0 saturated heterocycles. The summed E-state index contributed by atoms with van der Waals surface area (Å²) in [6, 6.07) is 95.1. The summed E-state index contributed by atoms with van der Waals surface area (Å²) in [5.41, 5.74) is 27.2. The van der Waals surface area contributed by atoms with Crippen LogP contribution in [0.1, 0.15) is 47.2 Å². The number of fused-ring (bicyclic) bond motifs is 16. The van der Waals surface area contributed by atoms with Crippen LogP contribution in [0.15, 0.2) is 255 Å². The summed E-state index contributed by atoms with van der Waals surface area (Å²) in [6.07, 6.45) is 0. The molecule has 0 fully saturated rings. The summed E-state index contributed by atoms with van der Waals surface area (Å²) >= 11 is 0. The van der Waals surface area contributed by atoms with E-state index in [1.165, 1.54) is 111 Å². The van der Waals surface area contributed by atoms with Gasteiger partial charge in [0.15, 0.2) is 0 Å². The molecule has 0 N–H and O–H groups in total. The first-order chi connectivity index (χ1) is 35.5. The minimum absolute atomic E-state index is 0.0685. The van der Waals surface area contributed by atoms with Crippen molar-refractivity contribution in [1.29, 1.82) is 0 Å². The maximum absolute atomic E-state index is 2.49. The highest BCUT2D eigenvalue weighted by Crippen LogP contribution is 2.65. The van der Waals surface area contributed by atoms with Gasteiger partial charge in [0.1, 0.15) is 0 Å². The second kappa shape index (κ2) is 15.3. The zero-order valence-electron chi connectivity index (χ0n) is 40.1. The standard InChI is InChI=1S/C70H48N2/c1-69(2)58-24-9-5-21-56(58)67-51(23-15-28-62(67)69)47-37-43-49(44-38-47)71(48-39-33-45(34-40-48)46-35-41-50(42-36-46)72-64-30-13-7-19-54(64)55-20-8-14-31-65(55)72)66-32-16-29-63-68(66)57-22-6-12-27-61(57)70(63)59-25-10-3-17-52(59)53-18-4-11-26-60(53)70/h3-44H,1-2H3. The van der Waals surface area contributed by atoms with Gasteiger partial charge in [-0.25, -0.2) is 0 Å². The van der Waals surface area contributed by atoms with Crippen LogP contribution in [0.5, 0.6) is 0 Å². The maximum Gasteiger partial charge on any atom is 0.0726 e. The van der Waals surface area contributed by atoms with Gasteiger partial charge < -0.3 is 9.47 Å². The topological polar surface area (TPSA) is 8.17 Å². The summed E-state index contributed by atoms with van der Waals surface area (Å²) in [5, 5.41) is 2.54. The molecule has 12 aromatic rings. The minimum atomic E-state index is -0.447. The molecule has 0 atom stereocenters. The Balaban J connectivity index is 0.885. The average Bonchev–Trinajstić information content (AvgIpc) is 4.12. The third-order valence-electron chi connectivity index (χ3n) is 16.4. The highest BCUT2D eigenvalue weighted by molar-refractivity contribution is 6.09. The second-order valence-corrected chi connectivity index (χ2v) is 20.3. The summed E-state index contributed by atoms with van der Waals surface area (Å²) in [4.78, 5) is 2.49. The van der Waals surface area contributed by atoms with Gasteiger partial charge in [-0.3, -0.25) is 0 Å². The van der Waals surface area contributed by atoms with Crippen LogP contribution < -0.4 is 4.90 Å². The van der Waals surface area contributed by atoms with E-state index < -0.39 is 5.41 Å². The Morgan fingerprint density at radius 2 is 0.722 bits per heavy atom. The van der Waals surface area contributed by atoms with E-state index in [1.807, 2.05) is 0 Å². The SMILES string of the molecule is CC1(C)c2ccccc2-c2c(-c3ccc(N(c4ccc(-c5ccc(-n6c7ccccc7c7ccccc76)cc5)cc4)c4cccc5c4-c4ccccc4C54c5ccccc5-c5ccccc54)cc3)cccc21. The Kier molecular flexibility index (Phi) is 8.66. The zero-order valence-corrected chi connectivity index (χ0v) is 40.1. The fourth-order valence-electron chi connectivity index (χ4n) is 13.3. The molecule has 0 aliphatic heterocycles. The van der Waals surface area contributed by atoms with Crippen LogP contribution in [0.3, 0.4) is 0 Å². The fourth-order valence-corrected chi connectivity index (χ4v) is 13.3. The van der Waals surface area contributed by atoms with Crippen LogP contribution in [0, 0.1) is 0 Å². The monoisotopic (exact) mass is 916 g/mol. The molecule has 0 radical (unpaired) electrons. The molecule has 338 valence electrons. The first kappa shape index (κ1) is 40.9. The van der Waals surface area contributed by atoms with Crippen molar-refractivity contribution in [1.82, 2.24) is 4.57 Å². The molecule has 0 bridgehead atoms. The summed E-state index contributed by atoms with van der Waals surface area (Å²) in [6.45, 7) is 4.72. The van der Waals surface area contributed by atoms with Crippen LogP contribution in [-0.4, -0.2) is 4.57 Å². The first-order valence-corrected chi connectivity index (χ1v) is 25.3.